The molecular weight excluding hydrogens is 421 g/mol. The van der Waals surface area contributed by atoms with Crippen molar-refractivity contribution in [2.45, 2.75) is 51.9 Å². The zero-order chi connectivity index (χ0) is 23.2. The highest BCUT2D eigenvalue weighted by atomic mass is 19.1. The maximum absolute atomic E-state index is 14.4. The smallest absolute Gasteiger partial charge is 0.242 e. The lowest BCUT2D eigenvalue weighted by molar-refractivity contribution is -0.135. The molecule has 7 heteroatoms. The van der Waals surface area contributed by atoms with Crippen LogP contribution in [0.2, 0.25) is 0 Å². The average Bonchev–Trinajstić information content (AvgIpc) is 2.76. The Hall–Kier alpha value is -2.44. The third-order valence-electron chi connectivity index (χ3n) is 8.46. The number of rotatable bonds is 6. The number of piperazine rings is 1. The van der Waals surface area contributed by atoms with Gasteiger partial charge in [-0.05, 0) is 86.8 Å². The first kappa shape index (κ1) is 22.4. The van der Waals surface area contributed by atoms with E-state index in [0.717, 1.165) is 17.8 Å². The van der Waals surface area contributed by atoms with Gasteiger partial charge in [0.05, 0.1) is 12.2 Å². The van der Waals surface area contributed by atoms with Gasteiger partial charge in [0.1, 0.15) is 5.82 Å². The average molecular weight is 456 g/mol. The molecule has 1 N–H and O–H groups in total. The molecule has 0 radical (unpaired) electrons. The minimum atomic E-state index is -0.417. The third kappa shape index (κ3) is 4.64. The fourth-order valence-corrected chi connectivity index (χ4v) is 7.37. The van der Waals surface area contributed by atoms with Gasteiger partial charge in [-0.1, -0.05) is 0 Å². The Kier molecular flexibility index (Phi) is 5.91. The Morgan fingerprint density at radius 1 is 1.00 bits per heavy atom. The lowest BCUT2D eigenvalue weighted by Crippen LogP contribution is -2.52. The summed E-state index contributed by atoms with van der Waals surface area (Å²) in [5.41, 5.74) is 0.987. The molecule has 2 amide bonds. The van der Waals surface area contributed by atoms with E-state index in [-0.39, 0.29) is 29.6 Å². The summed E-state index contributed by atoms with van der Waals surface area (Å²) in [5.74, 6) is 1.78. The summed E-state index contributed by atoms with van der Waals surface area (Å²) in [4.78, 5) is 40.5. The van der Waals surface area contributed by atoms with Crippen molar-refractivity contribution in [3.05, 3.63) is 29.6 Å². The van der Waals surface area contributed by atoms with Crippen molar-refractivity contribution in [1.29, 1.82) is 0 Å². The summed E-state index contributed by atoms with van der Waals surface area (Å²) >= 11 is 0. The van der Waals surface area contributed by atoms with E-state index in [0.29, 0.717) is 43.9 Å². The molecule has 1 aromatic rings. The third-order valence-corrected chi connectivity index (χ3v) is 8.46. The van der Waals surface area contributed by atoms with E-state index in [1.165, 1.54) is 51.5 Å². The quantitative estimate of drug-likeness (QED) is 0.668. The van der Waals surface area contributed by atoms with Crippen LogP contribution in [0.25, 0.3) is 0 Å². The highest BCUT2D eigenvalue weighted by Gasteiger charge is 2.51. The predicted octanol–water partition coefficient (Wildman–Crippen LogP) is 3.40. The van der Waals surface area contributed by atoms with Crippen molar-refractivity contribution >= 4 is 23.3 Å². The molecule has 0 unspecified atom stereocenters. The fraction of sp³-hybridized carbons (Fsp3) is 0.654. The minimum absolute atomic E-state index is 0.0107. The Morgan fingerprint density at radius 3 is 2.15 bits per heavy atom. The van der Waals surface area contributed by atoms with E-state index >= 15 is 0 Å². The van der Waals surface area contributed by atoms with Crippen molar-refractivity contribution in [3.63, 3.8) is 0 Å². The van der Waals surface area contributed by atoms with Gasteiger partial charge in [-0.15, -0.1) is 0 Å². The molecule has 5 fully saturated rings. The fourth-order valence-electron chi connectivity index (χ4n) is 7.37. The topological polar surface area (TPSA) is 69.7 Å². The van der Waals surface area contributed by atoms with Gasteiger partial charge in [-0.3, -0.25) is 14.4 Å². The number of ketones is 1. The van der Waals surface area contributed by atoms with E-state index in [1.54, 1.807) is 17.0 Å². The van der Waals surface area contributed by atoms with Gasteiger partial charge >= 0.3 is 0 Å². The first-order valence-corrected chi connectivity index (χ1v) is 12.4. The van der Waals surface area contributed by atoms with Gasteiger partial charge in [0.2, 0.25) is 11.8 Å². The van der Waals surface area contributed by atoms with Crippen LogP contribution in [-0.4, -0.2) is 55.2 Å². The monoisotopic (exact) mass is 455 g/mol. The molecule has 0 aromatic heterocycles. The normalized spacial score (nSPS) is 30.4. The van der Waals surface area contributed by atoms with Gasteiger partial charge in [-0.2, -0.15) is 0 Å². The summed E-state index contributed by atoms with van der Waals surface area (Å²) < 4.78 is 14.4. The number of halogens is 1. The van der Waals surface area contributed by atoms with Gasteiger partial charge < -0.3 is 15.1 Å². The number of nitrogens with one attached hydrogen (secondary N) is 1. The summed E-state index contributed by atoms with van der Waals surface area (Å²) in [7, 11) is 0. The Balaban J connectivity index is 1.09. The molecule has 4 saturated carbocycles. The minimum Gasteiger partial charge on any atom is -0.366 e. The molecule has 6 rings (SSSR count). The van der Waals surface area contributed by atoms with Crippen LogP contribution in [0.5, 0.6) is 0 Å². The van der Waals surface area contributed by atoms with Crippen LogP contribution in [-0.2, 0) is 9.59 Å². The maximum Gasteiger partial charge on any atom is 0.242 e. The van der Waals surface area contributed by atoms with Crippen molar-refractivity contribution in [2.24, 2.45) is 23.2 Å². The maximum atomic E-state index is 14.4. The number of benzene rings is 1. The van der Waals surface area contributed by atoms with Crippen molar-refractivity contribution in [2.75, 3.05) is 37.6 Å². The summed E-state index contributed by atoms with van der Waals surface area (Å²) in [6, 6.07) is 4.54. The van der Waals surface area contributed by atoms with Crippen molar-refractivity contribution < 1.29 is 18.8 Å². The van der Waals surface area contributed by atoms with Crippen LogP contribution in [0.15, 0.2) is 18.2 Å². The highest BCUT2D eigenvalue weighted by Crippen LogP contribution is 2.61. The van der Waals surface area contributed by atoms with E-state index in [2.05, 4.69) is 5.32 Å². The molecule has 5 aliphatic rings. The highest BCUT2D eigenvalue weighted by molar-refractivity contribution is 5.94. The molecular formula is C26H34FN3O3. The number of carbonyl (C=O) groups excluding carboxylic acids is 3. The van der Waals surface area contributed by atoms with E-state index in [9.17, 15) is 18.8 Å². The van der Waals surface area contributed by atoms with Gasteiger partial charge in [0, 0.05) is 38.2 Å². The SMILES string of the molecule is CC(=O)c1ccc(N2CCN(C(=O)CNC(=O)CC34CC5CC(CC(C5)C3)C4)CC2)c(F)c1. The number of hydrogen-bond acceptors (Lipinski definition) is 4. The molecule has 1 aromatic carbocycles. The number of Topliss-reactive ketones (excluding diaryl/α,β-unsaturated/α-hetero) is 1. The Bertz CT molecular complexity index is 919. The summed E-state index contributed by atoms with van der Waals surface area (Å²) in [5, 5.41) is 2.89. The second-order valence-corrected chi connectivity index (χ2v) is 11.0. The standard InChI is InChI=1S/C26H34FN3O3/c1-17(31)21-2-3-23(22(27)11-21)29-4-6-30(7-5-29)25(33)16-28-24(32)15-26-12-18-8-19(13-26)10-20(9-18)14-26/h2-3,11,18-20H,4-10,12-16H2,1H3,(H,28,32). The van der Waals surface area contributed by atoms with Crippen LogP contribution >= 0.6 is 0 Å². The molecule has 6 nitrogen and oxygen atoms in total. The zero-order valence-corrected chi connectivity index (χ0v) is 19.4. The summed E-state index contributed by atoms with van der Waals surface area (Å²) in [6.07, 6.45) is 8.19. The number of anilines is 1. The van der Waals surface area contributed by atoms with Crippen molar-refractivity contribution in [1.82, 2.24) is 10.2 Å². The summed E-state index contributed by atoms with van der Waals surface area (Å²) in [6.45, 7) is 3.45. The van der Waals surface area contributed by atoms with Crippen LogP contribution in [0.3, 0.4) is 0 Å². The second-order valence-electron chi connectivity index (χ2n) is 11.0. The number of hydrogen-bond donors (Lipinski definition) is 1. The molecule has 1 heterocycles. The molecule has 1 saturated heterocycles. The predicted molar refractivity (Wildman–Crippen MR) is 123 cm³/mol. The molecule has 33 heavy (non-hydrogen) atoms. The van der Waals surface area contributed by atoms with Crippen LogP contribution in [0.1, 0.15) is 62.2 Å². The van der Waals surface area contributed by atoms with Crippen LogP contribution in [0.4, 0.5) is 10.1 Å². The van der Waals surface area contributed by atoms with Crippen LogP contribution in [0, 0.1) is 29.0 Å². The van der Waals surface area contributed by atoms with E-state index in [1.807, 2.05) is 4.90 Å². The molecule has 0 spiro atoms. The number of nitrogens with zero attached hydrogens (tertiary/aromatic N) is 2. The molecule has 178 valence electrons. The van der Waals surface area contributed by atoms with E-state index in [4.69, 9.17) is 0 Å². The lowest BCUT2D eigenvalue weighted by atomic mass is 9.49. The molecule has 0 atom stereocenters. The first-order chi connectivity index (χ1) is 15.8. The lowest BCUT2D eigenvalue weighted by Gasteiger charge is -2.56. The van der Waals surface area contributed by atoms with Crippen molar-refractivity contribution in [3.8, 4) is 0 Å². The molecule has 4 aliphatic carbocycles. The van der Waals surface area contributed by atoms with Gasteiger partial charge in [-0.25, -0.2) is 4.39 Å². The Labute approximate surface area is 194 Å². The van der Waals surface area contributed by atoms with Crippen LogP contribution < -0.4 is 10.2 Å². The van der Waals surface area contributed by atoms with E-state index < -0.39 is 5.82 Å². The van der Waals surface area contributed by atoms with Gasteiger partial charge in [0.15, 0.2) is 5.78 Å². The first-order valence-electron chi connectivity index (χ1n) is 12.4. The number of amides is 2. The molecule has 1 aliphatic heterocycles. The Morgan fingerprint density at radius 2 is 1.61 bits per heavy atom. The number of carbonyl (C=O) groups is 3. The van der Waals surface area contributed by atoms with Gasteiger partial charge in [0.25, 0.3) is 0 Å². The second kappa shape index (κ2) is 8.73. The molecule has 4 bridgehead atoms. The largest absolute Gasteiger partial charge is 0.366 e. The zero-order valence-electron chi connectivity index (χ0n) is 19.4.